The van der Waals surface area contributed by atoms with Crippen LogP contribution in [0.3, 0.4) is 0 Å². The van der Waals surface area contributed by atoms with Gasteiger partial charge in [0.15, 0.2) is 17.2 Å². The monoisotopic (exact) mass is 517 g/mol. The van der Waals surface area contributed by atoms with Gasteiger partial charge in [-0.05, 0) is 25.1 Å². The summed E-state index contributed by atoms with van der Waals surface area (Å²) in [6.45, 7) is 0.898. The Bertz CT molecular complexity index is 1150. The van der Waals surface area contributed by atoms with Gasteiger partial charge in [0.05, 0.1) is 6.61 Å². The lowest BCUT2D eigenvalue weighted by Crippen LogP contribution is -2.47. The van der Waals surface area contributed by atoms with Crippen LogP contribution in [-0.2, 0) is 9.53 Å². The number of amides is 2. The third-order valence-electron chi connectivity index (χ3n) is 6.19. The number of aliphatic hydroxyl groups excluding tert-OH is 1. The number of rotatable bonds is 7. The molecule has 1 aliphatic heterocycles. The highest BCUT2D eigenvalue weighted by Crippen LogP contribution is 2.55. The molecule has 4 atom stereocenters. The maximum atomic E-state index is 14.6. The number of hydrogen-bond acceptors (Lipinski definition) is 6. The number of hydrogen-bond donors (Lipinski definition) is 3. The summed E-state index contributed by atoms with van der Waals surface area (Å²) < 4.78 is 81.2. The summed E-state index contributed by atoms with van der Waals surface area (Å²) in [5.41, 5.74) is -3.08. The summed E-state index contributed by atoms with van der Waals surface area (Å²) in [6, 6.07) is 4.25. The lowest BCUT2D eigenvalue weighted by molar-refractivity contribution is -0.272. The first-order valence-corrected chi connectivity index (χ1v) is 10.8. The number of carbonyl (C=O) groups excluding carboxylic acids is 2. The third kappa shape index (κ3) is 4.98. The lowest BCUT2D eigenvalue weighted by atomic mass is 9.77. The molecule has 2 amide bonds. The minimum absolute atomic E-state index is 0.0475. The van der Waals surface area contributed by atoms with Gasteiger partial charge in [0, 0.05) is 36.3 Å². The zero-order chi connectivity index (χ0) is 26.8. The van der Waals surface area contributed by atoms with Crippen LogP contribution in [-0.4, -0.2) is 60.0 Å². The Balaban J connectivity index is 2.07. The number of alkyl halides is 3. The second-order valence-corrected chi connectivity index (χ2v) is 8.31. The van der Waals surface area contributed by atoms with Crippen molar-refractivity contribution in [3.8, 4) is 5.75 Å². The van der Waals surface area contributed by atoms with Gasteiger partial charge in [0.25, 0.3) is 11.8 Å². The number of nitrogens with one attached hydrogen (secondary N) is 2. The number of nitrogens with zero attached hydrogens (tertiary/aromatic N) is 1. The highest BCUT2D eigenvalue weighted by molar-refractivity contribution is 5.97. The summed E-state index contributed by atoms with van der Waals surface area (Å²) in [7, 11) is 1.36. The number of aromatic nitrogens is 1. The second kappa shape index (κ2) is 10.3. The average molecular weight is 517 g/mol. The van der Waals surface area contributed by atoms with Crippen molar-refractivity contribution in [3.05, 3.63) is 53.4 Å². The van der Waals surface area contributed by atoms with Gasteiger partial charge < -0.3 is 25.2 Å². The Morgan fingerprint density at radius 1 is 1.25 bits per heavy atom. The van der Waals surface area contributed by atoms with Gasteiger partial charge in [-0.2, -0.15) is 17.6 Å². The molecule has 0 bridgehead atoms. The molecular formula is C23H24F5N3O5. The fourth-order valence-electron chi connectivity index (χ4n) is 4.10. The van der Waals surface area contributed by atoms with E-state index in [2.05, 4.69) is 15.6 Å². The van der Waals surface area contributed by atoms with Crippen LogP contribution in [0.15, 0.2) is 30.5 Å². The molecular weight excluding hydrogens is 493 g/mol. The lowest BCUT2D eigenvalue weighted by Gasteiger charge is -2.32. The smallest absolute Gasteiger partial charge is 0.417 e. The van der Waals surface area contributed by atoms with Crippen molar-refractivity contribution in [1.29, 1.82) is 0 Å². The summed E-state index contributed by atoms with van der Waals surface area (Å²) in [4.78, 5) is 28.9. The molecule has 36 heavy (non-hydrogen) atoms. The van der Waals surface area contributed by atoms with Gasteiger partial charge >= 0.3 is 6.18 Å². The molecule has 1 fully saturated rings. The predicted molar refractivity (Wildman–Crippen MR) is 116 cm³/mol. The van der Waals surface area contributed by atoms with E-state index in [1.54, 1.807) is 0 Å². The summed E-state index contributed by atoms with van der Waals surface area (Å²) in [6.07, 6.45) is -5.52. The molecule has 2 aromatic rings. The van der Waals surface area contributed by atoms with Crippen LogP contribution < -0.4 is 15.4 Å². The molecule has 1 aromatic carbocycles. The van der Waals surface area contributed by atoms with E-state index in [1.807, 2.05) is 0 Å². The van der Waals surface area contributed by atoms with Crippen molar-refractivity contribution in [2.75, 3.05) is 25.6 Å². The number of halogens is 5. The standard InChI is InChI=1S/C23H24F5N3O5/c1-11-16(13-4-5-14(24)17(25)18(13)35-9-8-32)19(36-22(11,2)23(26,27)28)21(34)31-12-6-7-30-15(10-12)20(33)29-3/h4-7,10-11,16,19,32H,8-9H2,1-3H3,(H,29,33)(H,30,31,34)/t11-,16-,19+,22+/m0/s1. The van der Waals surface area contributed by atoms with Crippen LogP contribution in [0, 0.1) is 17.6 Å². The van der Waals surface area contributed by atoms with Crippen molar-refractivity contribution >= 4 is 17.5 Å². The minimum atomic E-state index is -4.92. The number of benzene rings is 1. The molecule has 3 N–H and O–H groups in total. The summed E-state index contributed by atoms with van der Waals surface area (Å²) >= 11 is 0. The van der Waals surface area contributed by atoms with Gasteiger partial charge in [-0.1, -0.05) is 13.0 Å². The molecule has 2 heterocycles. The Labute approximate surface area is 202 Å². The topological polar surface area (TPSA) is 110 Å². The first-order chi connectivity index (χ1) is 16.9. The normalized spacial score (nSPS) is 23.9. The van der Waals surface area contributed by atoms with Crippen LogP contribution in [0.1, 0.15) is 35.8 Å². The third-order valence-corrected chi connectivity index (χ3v) is 6.19. The number of aliphatic hydroxyl groups is 1. The van der Waals surface area contributed by atoms with Gasteiger partial charge in [-0.3, -0.25) is 14.6 Å². The molecule has 3 rings (SSSR count). The van der Waals surface area contributed by atoms with E-state index in [1.165, 1.54) is 32.3 Å². The SMILES string of the molecule is CNC(=O)c1cc(NC(=O)[C@@H]2O[C@@](C)(C(F)(F)F)[C@@H](C)[C@H]2c2ccc(F)c(F)c2OCCO)ccn1. The Hall–Kier alpha value is -3.32. The fraction of sp³-hybridized carbons (Fsp3) is 0.435. The van der Waals surface area contributed by atoms with Gasteiger partial charge in [0.1, 0.15) is 18.4 Å². The molecule has 0 saturated carbocycles. The Morgan fingerprint density at radius 2 is 1.94 bits per heavy atom. The van der Waals surface area contributed by atoms with Crippen molar-refractivity contribution in [2.24, 2.45) is 5.92 Å². The molecule has 1 saturated heterocycles. The molecule has 0 spiro atoms. The van der Waals surface area contributed by atoms with E-state index in [9.17, 15) is 31.5 Å². The van der Waals surface area contributed by atoms with Gasteiger partial charge in [-0.25, -0.2) is 4.39 Å². The quantitative estimate of drug-likeness (QED) is 0.487. The van der Waals surface area contributed by atoms with Crippen molar-refractivity contribution < 1.29 is 46.1 Å². The maximum absolute atomic E-state index is 14.6. The summed E-state index contributed by atoms with van der Waals surface area (Å²) in [5, 5.41) is 13.8. The van der Waals surface area contributed by atoms with E-state index in [0.29, 0.717) is 6.07 Å². The van der Waals surface area contributed by atoms with Crippen LogP contribution in [0.25, 0.3) is 0 Å². The zero-order valence-corrected chi connectivity index (χ0v) is 19.5. The minimum Gasteiger partial charge on any atom is -0.488 e. The fourth-order valence-corrected chi connectivity index (χ4v) is 4.10. The number of ether oxygens (including phenoxy) is 2. The molecule has 1 aromatic heterocycles. The van der Waals surface area contributed by atoms with Crippen LogP contribution >= 0.6 is 0 Å². The Kier molecular flexibility index (Phi) is 7.84. The molecule has 0 unspecified atom stereocenters. The van der Waals surface area contributed by atoms with Crippen molar-refractivity contribution in [1.82, 2.24) is 10.3 Å². The highest BCUT2D eigenvalue weighted by atomic mass is 19.4. The van der Waals surface area contributed by atoms with E-state index in [-0.39, 0.29) is 16.9 Å². The highest BCUT2D eigenvalue weighted by Gasteiger charge is 2.65. The maximum Gasteiger partial charge on any atom is 0.417 e. The number of pyridine rings is 1. The average Bonchev–Trinajstić information content (AvgIpc) is 3.11. The van der Waals surface area contributed by atoms with Crippen LogP contribution in [0.5, 0.6) is 5.75 Å². The Morgan fingerprint density at radius 3 is 2.56 bits per heavy atom. The van der Waals surface area contributed by atoms with Gasteiger partial charge in [0.2, 0.25) is 5.82 Å². The molecule has 8 nitrogen and oxygen atoms in total. The number of carbonyl (C=O) groups is 2. The molecule has 1 aliphatic rings. The summed E-state index contributed by atoms with van der Waals surface area (Å²) in [5.74, 6) is -7.99. The van der Waals surface area contributed by atoms with E-state index in [4.69, 9.17) is 14.6 Å². The first-order valence-electron chi connectivity index (χ1n) is 10.8. The van der Waals surface area contributed by atoms with E-state index >= 15 is 0 Å². The van der Waals surface area contributed by atoms with Crippen molar-refractivity contribution in [2.45, 2.75) is 37.6 Å². The predicted octanol–water partition coefficient (Wildman–Crippen LogP) is 3.17. The van der Waals surface area contributed by atoms with Gasteiger partial charge in [-0.15, -0.1) is 0 Å². The molecule has 196 valence electrons. The van der Waals surface area contributed by atoms with Crippen molar-refractivity contribution in [3.63, 3.8) is 0 Å². The largest absolute Gasteiger partial charge is 0.488 e. The van der Waals surface area contributed by atoms with E-state index < -0.39 is 72.1 Å². The zero-order valence-electron chi connectivity index (χ0n) is 19.5. The van der Waals surface area contributed by atoms with E-state index in [0.717, 1.165) is 13.0 Å². The molecule has 0 radical (unpaired) electrons. The van der Waals surface area contributed by atoms with Crippen LogP contribution in [0.4, 0.5) is 27.6 Å². The molecule has 0 aliphatic carbocycles. The van der Waals surface area contributed by atoms with Crippen LogP contribution in [0.2, 0.25) is 0 Å². The number of anilines is 1. The first kappa shape index (κ1) is 27.3. The molecule has 13 heteroatoms. The second-order valence-electron chi connectivity index (χ2n) is 8.31.